The zero-order valence-electron chi connectivity index (χ0n) is 10.7. The van der Waals surface area contributed by atoms with Gasteiger partial charge in [0, 0.05) is 5.02 Å². The minimum Gasteiger partial charge on any atom is -0.400 e. The van der Waals surface area contributed by atoms with Gasteiger partial charge in [-0.25, -0.2) is 5.43 Å². The number of hydrogen-bond acceptors (Lipinski definition) is 5. The van der Waals surface area contributed by atoms with E-state index < -0.39 is 4.92 Å². The predicted molar refractivity (Wildman–Crippen MR) is 76.3 cm³/mol. The molecule has 1 heterocycles. The molecule has 0 aliphatic heterocycles. The second kappa shape index (κ2) is 6.67. The van der Waals surface area contributed by atoms with Crippen LogP contribution in [0.25, 0.3) is 0 Å². The second-order valence-electron chi connectivity index (χ2n) is 4.03. The van der Waals surface area contributed by atoms with Crippen molar-refractivity contribution in [2.75, 3.05) is 0 Å². The van der Waals surface area contributed by atoms with Crippen LogP contribution >= 0.6 is 11.6 Å². The van der Waals surface area contributed by atoms with E-state index in [2.05, 4.69) is 10.5 Å². The van der Waals surface area contributed by atoms with Gasteiger partial charge >= 0.3 is 5.88 Å². The van der Waals surface area contributed by atoms with E-state index in [9.17, 15) is 14.9 Å². The average Bonchev–Trinajstić information content (AvgIpc) is 2.90. The van der Waals surface area contributed by atoms with E-state index in [1.165, 1.54) is 18.3 Å². The average molecular weight is 308 g/mol. The minimum atomic E-state index is -0.656. The Bertz CT molecular complexity index is 679. The van der Waals surface area contributed by atoms with Crippen LogP contribution in [0.4, 0.5) is 5.88 Å². The normalized spacial score (nSPS) is 10.7. The molecule has 0 aliphatic rings. The van der Waals surface area contributed by atoms with Crippen molar-refractivity contribution >= 4 is 29.6 Å². The molecular formula is C13H10ClN3O4. The van der Waals surface area contributed by atoms with Crippen LogP contribution in [-0.2, 0) is 11.2 Å². The Labute approximate surface area is 124 Å². The van der Waals surface area contributed by atoms with Gasteiger partial charge in [0.1, 0.15) is 4.92 Å². The summed E-state index contributed by atoms with van der Waals surface area (Å²) in [7, 11) is 0. The molecule has 0 saturated heterocycles. The molecule has 8 heteroatoms. The highest BCUT2D eigenvalue weighted by molar-refractivity contribution is 6.30. The van der Waals surface area contributed by atoms with Crippen LogP contribution in [0.2, 0.25) is 5.02 Å². The third-order valence-corrected chi connectivity index (χ3v) is 2.70. The molecule has 0 fully saturated rings. The molecule has 1 aromatic carbocycles. The number of nitro groups is 1. The van der Waals surface area contributed by atoms with Crippen LogP contribution in [0.3, 0.4) is 0 Å². The molecule has 2 aromatic rings. The van der Waals surface area contributed by atoms with Gasteiger partial charge in [0.2, 0.25) is 5.91 Å². The van der Waals surface area contributed by atoms with Gasteiger partial charge in [0.25, 0.3) is 0 Å². The van der Waals surface area contributed by atoms with Crippen LogP contribution in [0.15, 0.2) is 45.9 Å². The lowest BCUT2D eigenvalue weighted by molar-refractivity contribution is -0.402. The van der Waals surface area contributed by atoms with E-state index in [4.69, 9.17) is 16.0 Å². The lowest BCUT2D eigenvalue weighted by Gasteiger charge is -2.00. The first-order chi connectivity index (χ1) is 10.0. The smallest absolute Gasteiger partial charge is 0.400 e. The summed E-state index contributed by atoms with van der Waals surface area (Å²) in [6.07, 6.45) is 1.33. The van der Waals surface area contributed by atoms with Crippen LogP contribution in [0.1, 0.15) is 11.3 Å². The summed E-state index contributed by atoms with van der Waals surface area (Å²) < 4.78 is 4.84. The van der Waals surface area contributed by atoms with E-state index in [0.717, 1.165) is 5.56 Å². The summed E-state index contributed by atoms with van der Waals surface area (Å²) >= 11 is 5.74. The Morgan fingerprint density at radius 1 is 1.33 bits per heavy atom. The third-order valence-electron chi connectivity index (χ3n) is 2.45. The molecule has 108 valence electrons. The first kappa shape index (κ1) is 14.7. The fourth-order valence-corrected chi connectivity index (χ4v) is 1.63. The second-order valence-corrected chi connectivity index (χ2v) is 4.47. The van der Waals surface area contributed by atoms with Crippen LogP contribution in [-0.4, -0.2) is 17.0 Å². The van der Waals surface area contributed by atoms with Crippen molar-refractivity contribution in [3.8, 4) is 0 Å². The number of rotatable bonds is 5. The Kier molecular flexibility index (Phi) is 4.68. The van der Waals surface area contributed by atoms with Gasteiger partial charge in [0.15, 0.2) is 5.76 Å². The van der Waals surface area contributed by atoms with E-state index in [1.807, 2.05) is 0 Å². The van der Waals surface area contributed by atoms with Crippen molar-refractivity contribution in [1.82, 2.24) is 5.43 Å². The maximum Gasteiger partial charge on any atom is 0.433 e. The Morgan fingerprint density at radius 2 is 2.05 bits per heavy atom. The van der Waals surface area contributed by atoms with E-state index in [0.29, 0.717) is 5.02 Å². The van der Waals surface area contributed by atoms with Gasteiger partial charge < -0.3 is 4.42 Å². The number of furan rings is 1. The largest absolute Gasteiger partial charge is 0.433 e. The van der Waals surface area contributed by atoms with Gasteiger partial charge in [-0.3, -0.25) is 14.9 Å². The van der Waals surface area contributed by atoms with Crippen LogP contribution < -0.4 is 5.43 Å². The van der Waals surface area contributed by atoms with Gasteiger partial charge in [-0.05, 0) is 23.8 Å². The van der Waals surface area contributed by atoms with Crippen molar-refractivity contribution in [2.24, 2.45) is 5.10 Å². The van der Waals surface area contributed by atoms with Crippen LogP contribution in [0.5, 0.6) is 0 Å². The molecule has 0 aliphatic carbocycles. The SMILES string of the molecule is O=C(Cc1ccc(Cl)cc1)N/N=C/c1ccc([N+](=O)[O-])o1. The predicted octanol–water partition coefficient (Wildman–Crippen LogP) is 2.53. The fourth-order valence-electron chi connectivity index (χ4n) is 1.50. The number of carbonyl (C=O) groups is 1. The van der Waals surface area contributed by atoms with Gasteiger partial charge in [-0.1, -0.05) is 23.7 Å². The van der Waals surface area contributed by atoms with Crippen molar-refractivity contribution < 1.29 is 14.1 Å². The van der Waals surface area contributed by atoms with E-state index in [-0.39, 0.29) is 24.0 Å². The molecule has 7 nitrogen and oxygen atoms in total. The lowest BCUT2D eigenvalue weighted by Crippen LogP contribution is -2.19. The highest BCUT2D eigenvalue weighted by Gasteiger charge is 2.10. The van der Waals surface area contributed by atoms with Gasteiger partial charge in [0.05, 0.1) is 18.7 Å². The van der Waals surface area contributed by atoms with E-state index in [1.54, 1.807) is 24.3 Å². The highest BCUT2D eigenvalue weighted by Crippen LogP contribution is 2.13. The minimum absolute atomic E-state index is 0.146. The molecule has 0 bridgehead atoms. The summed E-state index contributed by atoms with van der Waals surface area (Å²) in [5, 5.41) is 14.7. The van der Waals surface area contributed by atoms with Crippen LogP contribution in [0, 0.1) is 10.1 Å². The maximum atomic E-state index is 11.6. The molecule has 1 amide bonds. The third kappa shape index (κ3) is 4.43. The number of nitrogens with one attached hydrogen (secondary N) is 1. The monoisotopic (exact) mass is 307 g/mol. The summed E-state index contributed by atoms with van der Waals surface area (Å²) in [4.78, 5) is 21.4. The standard InChI is InChI=1S/C13H10ClN3O4/c14-10-3-1-9(2-4-10)7-12(18)16-15-8-11-5-6-13(21-11)17(19)20/h1-6,8H,7H2,(H,16,18)/b15-8+. The topological polar surface area (TPSA) is 97.7 Å². The molecule has 0 saturated carbocycles. The molecular weight excluding hydrogens is 298 g/mol. The first-order valence-corrected chi connectivity index (χ1v) is 6.23. The Balaban J connectivity index is 1.86. The maximum absolute atomic E-state index is 11.6. The zero-order valence-corrected chi connectivity index (χ0v) is 11.4. The van der Waals surface area contributed by atoms with Gasteiger partial charge in [-0.15, -0.1) is 0 Å². The summed E-state index contributed by atoms with van der Waals surface area (Å²) in [6, 6.07) is 9.44. The number of hydrazone groups is 1. The number of carbonyl (C=O) groups excluding carboxylic acids is 1. The van der Waals surface area contributed by atoms with Crippen molar-refractivity contribution in [1.29, 1.82) is 0 Å². The number of halogens is 1. The zero-order chi connectivity index (χ0) is 15.2. The quantitative estimate of drug-likeness (QED) is 0.521. The number of nitrogens with zero attached hydrogens (tertiary/aromatic N) is 2. The van der Waals surface area contributed by atoms with Crippen molar-refractivity contribution in [3.63, 3.8) is 0 Å². The molecule has 0 radical (unpaired) electrons. The van der Waals surface area contributed by atoms with Crippen molar-refractivity contribution in [3.05, 3.63) is 62.9 Å². The molecule has 0 unspecified atom stereocenters. The lowest BCUT2D eigenvalue weighted by atomic mass is 10.1. The molecule has 0 atom stereocenters. The number of hydrogen-bond donors (Lipinski definition) is 1. The van der Waals surface area contributed by atoms with E-state index >= 15 is 0 Å². The number of amides is 1. The molecule has 0 spiro atoms. The number of benzene rings is 1. The van der Waals surface area contributed by atoms with Crippen molar-refractivity contribution in [2.45, 2.75) is 6.42 Å². The first-order valence-electron chi connectivity index (χ1n) is 5.85. The highest BCUT2D eigenvalue weighted by atomic mass is 35.5. The fraction of sp³-hybridized carbons (Fsp3) is 0.0769. The summed E-state index contributed by atoms with van der Waals surface area (Å²) in [5.74, 6) is -0.535. The molecule has 1 N–H and O–H groups in total. The Morgan fingerprint density at radius 3 is 2.67 bits per heavy atom. The summed E-state index contributed by atoms with van der Waals surface area (Å²) in [6.45, 7) is 0. The molecule has 1 aromatic heterocycles. The summed E-state index contributed by atoms with van der Waals surface area (Å²) in [5.41, 5.74) is 3.09. The Hall–Kier alpha value is -2.67. The molecule has 21 heavy (non-hydrogen) atoms. The van der Waals surface area contributed by atoms with Gasteiger partial charge in [-0.2, -0.15) is 5.10 Å². The molecule has 2 rings (SSSR count).